The first-order valence-electron chi connectivity index (χ1n) is 21.5. The minimum atomic E-state index is -3.24. The molecule has 0 fully saturated rings. The Labute approximate surface area is 389 Å². The van der Waals surface area contributed by atoms with E-state index in [1.807, 2.05) is 70.1 Å². The first-order valence-corrected chi connectivity index (χ1v) is 26.8. The number of rotatable bonds is 6. The fourth-order valence-corrected chi connectivity index (χ4v) is 20.5. The van der Waals surface area contributed by atoms with Gasteiger partial charge < -0.3 is 0 Å². The van der Waals surface area contributed by atoms with Crippen LogP contribution < -0.4 is 21.0 Å². The molecule has 14 aromatic rings. The van der Waals surface area contributed by atoms with Crippen LogP contribution in [-0.4, -0.2) is 28.0 Å². The van der Waals surface area contributed by atoms with Crippen LogP contribution >= 0.6 is 45.3 Å². The van der Waals surface area contributed by atoms with E-state index < -0.39 is 8.07 Å². The highest BCUT2D eigenvalue weighted by molar-refractivity contribution is 7.33. The normalized spacial score (nSPS) is 12.3. The molecule has 0 spiro atoms. The lowest BCUT2D eigenvalue weighted by atomic mass is 10.1. The Kier molecular flexibility index (Phi) is 8.35. The molecule has 0 saturated heterocycles. The van der Waals surface area contributed by atoms with Crippen LogP contribution in [0, 0.1) is 0 Å². The molecule has 9 heteroatoms. The third kappa shape index (κ3) is 5.51. The van der Waals surface area contributed by atoms with Crippen molar-refractivity contribution in [1.29, 1.82) is 0 Å². The quantitative estimate of drug-likeness (QED) is 0.156. The van der Waals surface area contributed by atoms with Crippen LogP contribution in [0.3, 0.4) is 0 Å². The maximum atomic E-state index is 5.53. The molecular weight excluding hydrogens is 885 g/mol. The third-order valence-electron chi connectivity index (χ3n) is 13.0. The van der Waals surface area contributed by atoms with E-state index in [0.717, 1.165) is 33.1 Å². The predicted molar refractivity (Wildman–Crippen MR) is 284 cm³/mol. The molecule has 304 valence electrons. The van der Waals surface area contributed by atoms with Gasteiger partial charge in [0.15, 0.2) is 0 Å². The van der Waals surface area contributed by atoms with Crippen LogP contribution in [0.25, 0.3) is 103 Å². The van der Waals surface area contributed by atoms with E-state index in [4.69, 9.17) is 19.9 Å². The Morgan fingerprint density at radius 3 is 1.12 bits per heavy atom. The summed E-state index contributed by atoms with van der Waals surface area (Å²) in [7, 11) is -3.24. The lowest BCUT2D eigenvalue weighted by Crippen LogP contribution is -2.76. The van der Waals surface area contributed by atoms with Crippen molar-refractivity contribution in [3.63, 3.8) is 0 Å². The molecule has 0 aliphatic carbocycles. The van der Waals surface area contributed by atoms with Crippen LogP contribution in [0.2, 0.25) is 0 Å². The molecule has 65 heavy (non-hydrogen) atoms. The van der Waals surface area contributed by atoms with Gasteiger partial charge in [-0.15, -0.1) is 45.3 Å². The van der Waals surface area contributed by atoms with Crippen molar-refractivity contribution in [2.24, 2.45) is 0 Å². The SMILES string of the molecule is c1ccc([Si](c2ccccc2)(c2nccc3c2sc2ccc(-c4nccc5c4sc4ccccc45)cc23)c2nccc3c2sc2ccc(-c4nccc5c4sc4ccccc45)cc23)cc1. The van der Waals surface area contributed by atoms with Gasteiger partial charge in [0, 0.05) is 97.8 Å². The number of nitrogens with zero attached hydrogens (tertiary/aromatic N) is 4. The van der Waals surface area contributed by atoms with Crippen LogP contribution in [-0.2, 0) is 0 Å². The van der Waals surface area contributed by atoms with Gasteiger partial charge in [-0.05, 0) is 71.0 Å². The molecule has 0 aliphatic heterocycles. The van der Waals surface area contributed by atoms with Crippen molar-refractivity contribution in [2.75, 3.05) is 0 Å². The minimum Gasteiger partial charge on any atom is -0.263 e. The van der Waals surface area contributed by atoms with Crippen molar-refractivity contribution in [3.05, 3.63) is 195 Å². The minimum absolute atomic E-state index is 1.02. The Morgan fingerprint density at radius 2 is 0.662 bits per heavy atom. The molecule has 14 rings (SSSR count). The van der Waals surface area contributed by atoms with Crippen LogP contribution in [0.5, 0.6) is 0 Å². The fourth-order valence-electron chi connectivity index (χ4n) is 10.2. The predicted octanol–water partition coefficient (Wildman–Crippen LogP) is 13.4. The van der Waals surface area contributed by atoms with Crippen molar-refractivity contribution >= 4 is 155 Å². The highest BCUT2D eigenvalue weighted by Gasteiger charge is 2.47. The van der Waals surface area contributed by atoms with Crippen molar-refractivity contribution < 1.29 is 0 Å². The second-order valence-corrected chi connectivity index (χ2v) is 24.3. The molecule has 0 amide bonds. The molecule has 0 N–H and O–H groups in total. The van der Waals surface area contributed by atoms with Gasteiger partial charge in [0.1, 0.15) is 0 Å². The molecule has 0 saturated carbocycles. The van der Waals surface area contributed by atoms with Gasteiger partial charge in [-0.25, -0.2) is 0 Å². The summed E-state index contributed by atoms with van der Waals surface area (Å²) < 4.78 is 9.87. The Hall–Kier alpha value is -6.98. The second-order valence-electron chi connectivity index (χ2n) is 16.4. The van der Waals surface area contributed by atoms with Gasteiger partial charge in [0.2, 0.25) is 8.07 Å². The highest BCUT2D eigenvalue weighted by atomic mass is 32.1. The average Bonchev–Trinajstić information content (AvgIpc) is 4.15. The maximum absolute atomic E-state index is 5.53. The smallest absolute Gasteiger partial charge is 0.227 e. The summed E-state index contributed by atoms with van der Waals surface area (Å²) in [6, 6.07) is 62.1. The lowest BCUT2D eigenvalue weighted by molar-refractivity contribution is 1.37. The summed E-state index contributed by atoms with van der Waals surface area (Å²) in [6.07, 6.45) is 7.99. The van der Waals surface area contributed by atoms with Gasteiger partial charge in [-0.3, -0.25) is 19.9 Å². The summed E-state index contributed by atoms with van der Waals surface area (Å²) >= 11 is 7.34. The molecular formula is C56H32N4S4Si. The second kappa shape index (κ2) is 14.5. The molecule has 0 bridgehead atoms. The highest BCUT2D eigenvalue weighted by Crippen LogP contribution is 2.43. The van der Waals surface area contributed by atoms with E-state index in [0.29, 0.717) is 0 Å². The number of aromatic nitrogens is 4. The molecule has 0 radical (unpaired) electrons. The molecule has 4 nitrogen and oxygen atoms in total. The lowest BCUT2D eigenvalue weighted by Gasteiger charge is -2.32. The molecule has 0 atom stereocenters. The topological polar surface area (TPSA) is 51.6 Å². The number of pyridine rings is 4. The van der Waals surface area contributed by atoms with Gasteiger partial charge >= 0.3 is 0 Å². The van der Waals surface area contributed by atoms with Crippen molar-refractivity contribution in [1.82, 2.24) is 19.9 Å². The summed E-state index contributed by atoms with van der Waals surface area (Å²) in [4.78, 5) is 21.1. The zero-order valence-corrected chi connectivity index (χ0v) is 38.7. The average molecular weight is 917 g/mol. The van der Waals surface area contributed by atoms with E-state index in [1.54, 1.807) is 0 Å². The van der Waals surface area contributed by atoms with Gasteiger partial charge in [-0.1, -0.05) is 109 Å². The van der Waals surface area contributed by atoms with Gasteiger partial charge in [-0.2, -0.15) is 0 Å². The van der Waals surface area contributed by atoms with E-state index in [-0.39, 0.29) is 0 Å². The van der Waals surface area contributed by atoms with E-state index in [2.05, 4.69) is 170 Å². The van der Waals surface area contributed by atoms with Crippen LogP contribution in [0.1, 0.15) is 0 Å². The molecule has 6 aromatic carbocycles. The molecule has 8 heterocycles. The fraction of sp³-hybridized carbons (Fsp3) is 0. The number of benzene rings is 6. The zero-order chi connectivity index (χ0) is 42.6. The number of hydrogen-bond donors (Lipinski definition) is 0. The monoisotopic (exact) mass is 916 g/mol. The molecule has 0 unspecified atom stereocenters. The zero-order valence-electron chi connectivity index (χ0n) is 34.4. The molecule has 8 aromatic heterocycles. The van der Waals surface area contributed by atoms with Gasteiger partial charge in [0.25, 0.3) is 0 Å². The van der Waals surface area contributed by atoms with E-state index in [9.17, 15) is 0 Å². The van der Waals surface area contributed by atoms with E-state index in [1.165, 1.54) is 91.1 Å². The molecule has 0 aliphatic rings. The first-order chi connectivity index (χ1) is 32.2. The third-order valence-corrected chi connectivity index (χ3v) is 22.7. The standard InChI is InChI=1S/C56H32N4S4Si/c1-3-11-35(12-4-1)65(36-13-5-2-6-14-36,55-53-41(25-29-59-55)43-31-33(19-21-47(43)63-53)49-51-39(23-27-57-49)37-15-7-9-17-45(37)61-51)56-54-42(26-30-60-56)44-32-34(20-22-48(44)64-54)50-52-40(24-28-58-50)38-16-8-10-18-46(38)62-52/h1-32H. The van der Waals surface area contributed by atoms with Crippen LogP contribution in [0.4, 0.5) is 0 Å². The number of hydrogen-bond acceptors (Lipinski definition) is 8. The largest absolute Gasteiger partial charge is 0.263 e. The van der Waals surface area contributed by atoms with E-state index >= 15 is 0 Å². The summed E-state index contributed by atoms with van der Waals surface area (Å²) in [5.74, 6) is 0. The summed E-state index contributed by atoms with van der Waals surface area (Å²) in [6.45, 7) is 0. The first kappa shape index (κ1) is 37.4. The number of fused-ring (bicyclic) bond motifs is 12. The van der Waals surface area contributed by atoms with Crippen molar-refractivity contribution in [3.8, 4) is 22.5 Å². The summed E-state index contributed by atoms with van der Waals surface area (Å²) in [5, 5.41) is 14.6. The van der Waals surface area contributed by atoms with Gasteiger partial charge in [0.05, 0.1) is 40.8 Å². The van der Waals surface area contributed by atoms with Crippen molar-refractivity contribution in [2.45, 2.75) is 0 Å². The summed E-state index contributed by atoms with van der Waals surface area (Å²) in [5.41, 5.74) is 4.29. The maximum Gasteiger partial charge on any atom is 0.227 e. The Morgan fingerprint density at radius 1 is 0.292 bits per heavy atom. The Balaban J connectivity index is 1.02. The number of thiophene rings is 4. The Bertz CT molecular complexity index is 3940. The van der Waals surface area contributed by atoms with Crippen LogP contribution in [0.15, 0.2) is 195 Å².